The van der Waals surface area contributed by atoms with Gasteiger partial charge in [0.2, 0.25) is 5.91 Å². The number of anilines is 2. The molecule has 1 aliphatic carbocycles. The Hall–Kier alpha value is -2.57. The minimum absolute atomic E-state index is 0.0547. The van der Waals surface area contributed by atoms with Gasteiger partial charge in [0, 0.05) is 23.5 Å². The lowest BCUT2D eigenvalue weighted by molar-refractivity contribution is -0.124. The summed E-state index contributed by atoms with van der Waals surface area (Å²) >= 11 is 5.98. The molecule has 0 aromatic heterocycles. The van der Waals surface area contributed by atoms with E-state index in [1.165, 1.54) is 7.11 Å². The van der Waals surface area contributed by atoms with Gasteiger partial charge in [-0.05, 0) is 48.7 Å². The van der Waals surface area contributed by atoms with Crippen LogP contribution in [0.15, 0.2) is 48.5 Å². The lowest BCUT2D eigenvalue weighted by Crippen LogP contribution is -2.46. The summed E-state index contributed by atoms with van der Waals surface area (Å²) in [4.78, 5) is 24.8. The van der Waals surface area contributed by atoms with Crippen molar-refractivity contribution in [2.75, 3.05) is 31.0 Å². The van der Waals surface area contributed by atoms with Gasteiger partial charge in [-0.1, -0.05) is 36.2 Å². The van der Waals surface area contributed by atoms with Crippen LogP contribution in [-0.4, -0.2) is 32.3 Å². The average Bonchev–Trinajstić information content (AvgIpc) is 2.63. The zero-order valence-electron chi connectivity index (χ0n) is 15.7. The Bertz CT molecular complexity index is 835. The summed E-state index contributed by atoms with van der Waals surface area (Å²) in [6.45, 7) is 0.499. The van der Waals surface area contributed by atoms with Crippen LogP contribution in [-0.2, 0) is 19.7 Å². The van der Waals surface area contributed by atoms with Crippen molar-refractivity contribution in [1.82, 2.24) is 0 Å². The van der Waals surface area contributed by atoms with E-state index in [2.05, 4.69) is 10.6 Å². The fourth-order valence-electron chi connectivity index (χ4n) is 3.24. The highest BCUT2D eigenvalue weighted by molar-refractivity contribution is 6.30. The highest BCUT2D eigenvalue weighted by Gasteiger charge is 2.45. The predicted molar refractivity (Wildman–Crippen MR) is 109 cm³/mol. The highest BCUT2D eigenvalue weighted by atomic mass is 35.5. The van der Waals surface area contributed by atoms with E-state index in [1.807, 2.05) is 24.3 Å². The molecule has 0 spiro atoms. The Kier molecular flexibility index (Phi) is 6.54. The number of hydrogen-bond acceptors (Lipinski definition) is 4. The first-order valence-corrected chi connectivity index (χ1v) is 9.51. The maximum atomic E-state index is 13.0. The molecule has 0 heterocycles. The summed E-state index contributed by atoms with van der Waals surface area (Å²) < 4.78 is 9.82. The van der Waals surface area contributed by atoms with Gasteiger partial charge in [-0.15, -0.1) is 0 Å². The van der Waals surface area contributed by atoms with Gasteiger partial charge in [0.1, 0.15) is 6.61 Å². The maximum Gasteiger partial charge on any atom is 0.411 e. The molecule has 1 saturated carbocycles. The molecule has 28 heavy (non-hydrogen) atoms. The van der Waals surface area contributed by atoms with Crippen LogP contribution in [0.5, 0.6) is 0 Å². The van der Waals surface area contributed by atoms with Crippen LogP contribution >= 0.6 is 11.6 Å². The highest BCUT2D eigenvalue weighted by Crippen LogP contribution is 2.44. The summed E-state index contributed by atoms with van der Waals surface area (Å²) in [5, 5.41) is 6.26. The third kappa shape index (κ3) is 4.64. The molecule has 2 N–H and O–H groups in total. The summed E-state index contributed by atoms with van der Waals surface area (Å²) in [5.41, 5.74) is 1.58. The van der Waals surface area contributed by atoms with Crippen LogP contribution in [0, 0.1) is 0 Å². The first-order valence-electron chi connectivity index (χ1n) is 9.14. The lowest BCUT2D eigenvalue weighted by atomic mass is 9.64. The number of amides is 2. The van der Waals surface area contributed by atoms with Crippen molar-refractivity contribution in [2.24, 2.45) is 0 Å². The summed E-state index contributed by atoms with van der Waals surface area (Å²) in [6, 6.07) is 14.4. The number of carbonyl (C=O) groups is 2. The lowest BCUT2D eigenvalue weighted by Gasteiger charge is -2.40. The Labute approximate surface area is 169 Å². The Balaban J connectivity index is 1.67. The van der Waals surface area contributed by atoms with E-state index in [0.29, 0.717) is 23.0 Å². The van der Waals surface area contributed by atoms with Gasteiger partial charge >= 0.3 is 6.09 Å². The maximum absolute atomic E-state index is 13.0. The first-order chi connectivity index (χ1) is 13.5. The molecule has 2 aromatic carbocycles. The third-order valence-electron chi connectivity index (χ3n) is 4.93. The largest absolute Gasteiger partial charge is 0.447 e. The van der Waals surface area contributed by atoms with E-state index >= 15 is 0 Å². The van der Waals surface area contributed by atoms with Crippen molar-refractivity contribution >= 4 is 35.0 Å². The summed E-state index contributed by atoms with van der Waals surface area (Å²) in [7, 11) is 1.53. The minimum Gasteiger partial charge on any atom is -0.447 e. The second-order valence-corrected chi connectivity index (χ2v) is 7.17. The molecular formula is C21H23ClN2O4. The van der Waals surface area contributed by atoms with Crippen LogP contribution < -0.4 is 10.6 Å². The van der Waals surface area contributed by atoms with E-state index in [1.54, 1.807) is 24.3 Å². The van der Waals surface area contributed by atoms with E-state index in [4.69, 9.17) is 21.1 Å². The molecule has 0 bridgehead atoms. The van der Waals surface area contributed by atoms with Crippen LogP contribution in [0.3, 0.4) is 0 Å². The normalized spacial score (nSPS) is 14.6. The van der Waals surface area contributed by atoms with Gasteiger partial charge in [-0.3, -0.25) is 10.1 Å². The fraction of sp³-hybridized carbons (Fsp3) is 0.333. The first kappa shape index (κ1) is 20.2. The molecule has 7 heteroatoms. The number of carbonyl (C=O) groups excluding carboxylic acids is 2. The molecule has 2 amide bonds. The number of rotatable bonds is 7. The Morgan fingerprint density at radius 1 is 1.04 bits per heavy atom. The van der Waals surface area contributed by atoms with Crippen molar-refractivity contribution in [3.05, 3.63) is 59.1 Å². The van der Waals surface area contributed by atoms with Gasteiger partial charge in [-0.2, -0.15) is 0 Å². The van der Waals surface area contributed by atoms with Crippen molar-refractivity contribution in [3.8, 4) is 0 Å². The number of ether oxygens (including phenoxy) is 2. The monoisotopic (exact) mass is 402 g/mol. The van der Waals surface area contributed by atoms with Crippen molar-refractivity contribution in [1.29, 1.82) is 0 Å². The van der Waals surface area contributed by atoms with Gasteiger partial charge in [-0.25, -0.2) is 4.79 Å². The van der Waals surface area contributed by atoms with E-state index in [0.717, 1.165) is 24.8 Å². The van der Waals surface area contributed by atoms with Gasteiger partial charge < -0.3 is 14.8 Å². The quantitative estimate of drug-likeness (QED) is 0.664. The topological polar surface area (TPSA) is 76.7 Å². The molecule has 0 atom stereocenters. The number of nitrogens with one attached hydrogen (secondary N) is 2. The number of hydrogen-bond donors (Lipinski definition) is 2. The predicted octanol–water partition coefficient (Wildman–Crippen LogP) is 4.60. The van der Waals surface area contributed by atoms with Crippen molar-refractivity contribution in [3.63, 3.8) is 0 Å². The van der Waals surface area contributed by atoms with Gasteiger partial charge in [0.05, 0.1) is 12.0 Å². The van der Waals surface area contributed by atoms with Gasteiger partial charge in [0.25, 0.3) is 0 Å². The second kappa shape index (κ2) is 9.08. The van der Waals surface area contributed by atoms with Crippen molar-refractivity contribution < 1.29 is 19.1 Å². The number of benzene rings is 2. The molecule has 3 rings (SSSR count). The second-order valence-electron chi connectivity index (χ2n) is 6.73. The van der Waals surface area contributed by atoms with Crippen LogP contribution in [0.1, 0.15) is 24.8 Å². The molecule has 0 saturated heterocycles. The molecule has 1 aliphatic rings. The van der Waals surface area contributed by atoms with Crippen LogP contribution in [0.25, 0.3) is 0 Å². The van der Waals surface area contributed by atoms with E-state index < -0.39 is 11.5 Å². The molecule has 148 valence electrons. The zero-order chi connectivity index (χ0) is 20.0. The molecule has 1 fully saturated rings. The average molecular weight is 403 g/mol. The third-order valence-corrected chi connectivity index (χ3v) is 5.18. The van der Waals surface area contributed by atoms with Crippen LogP contribution in [0.4, 0.5) is 16.2 Å². The molecule has 0 aliphatic heterocycles. The van der Waals surface area contributed by atoms with Gasteiger partial charge in [0.15, 0.2) is 0 Å². The zero-order valence-corrected chi connectivity index (χ0v) is 16.4. The standard InChI is InChI=1S/C21H23ClN2O4/c1-27-12-13-28-20(26)24-18-5-2-4-17(14-18)23-19(25)21(10-3-11-21)15-6-8-16(22)9-7-15/h2,4-9,14H,3,10-13H2,1H3,(H,23,25)(H,24,26). The molecule has 0 radical (unpaired) electrons. The number of halogens is 1. The minimum atomic E-state index is -0.572. The number of methoxy groups -OCH3 is 1. The van der Waals surface area contributed by atoms with E-state index in [-0.39, 0.29) is 12.5 Å². The smallest absolute Gasteiger partial charge is 0.411 e. The van der Waals surface area contributed by atoms with Crippen LogP contribution in [0.2, 0.25) is 5.02 Å². The molecule has 6 nitrogen and oxygen atoms in total. The Morgan fingerprint density at radius 3 is 2.32 bits per heavy atom. The molecular weight excluding hydrogens is 380 g/mol. The molecule has 2 aromatic rings. The van der Waals surface area contributed by atoms with Crippen molar-refractivity contribution in [2.45, 2.75) is 24.7 Å². The Morgan fingerprint density at radius 2 is 1.71 bits per heavy atom. The summed E-state index contributed by atoms with van der Waals surface area (Å²) in [5.74, 6) is -0.0547. The van der Waals surface area contributed by atoms with E-state index in [9.17, 15) is 9.59 Å². The fourth-order valence-corrected chi connectivity index (χ4v) is 3.37. The SMILES string of the molecule is COCCOC(=O)Nc1cccc(NC(=O)C2(c3ccc(Cl)cc3)CCC2)c1. The molecule has 0 unspecified atom stereocenters. The summed E-state index contributed by atoms with van der Waals surface area (Å²) in [6.07, 6.45) is 2.02.